The van der Waals surface area contributed by atoms with Crippen LogP contribution in [0.1, 0.15) is 40.5 Å². The van der Waals surface area contributed by atoms with Crippen molar-refractivity contribution in [1.82, 2.24) is 0 Å². The van der Waals surface area contributed by atoms with Gasteiger partial charge in [-0.15, -0.1) is 0 Å². The molecule has 0 aliphatic heterocycles. The molecule has 23 heavy (non-hydrogen) atoms. The quantitative estimate of drug-likeness (QED) is 0.378. The molecular weight excluding hydrogens is 296 g/mol. The van der Waals surface area contributed by atoms with Crippen molar-refractivity contribution in [3.8, 4) is 11.1 Å². The van der Waals surface area contributed by atoms with Gasteiger partial charge in [-0.1, -0.05) is 49.7 Å². The van der Waals surface area contributed by atoms with Crippen molar-refractivity contribution in [3.05, 3.63) is 59.7 Å². The summed E-state index contributed by atoms with van der Waals surface area (Å²) in [5.41, 5.74) is 1.58. The van der Waals surface area contributed by atoms with Crippen LogP contribution in [0.25, 0.3) is 11.1 Å². The van der Waals surface area contributed by atoms with Crippen LogP contribution in [0, 0.1) is 0 Å². The van der Waals surface area contributed by atoms with Crippen LogP contribution < -0.4 is 0 Å². The van der Waals surface area contributed by atoms with Gasteiger partial charge in [-0.05, 0) is 29.7 Å². The van der Waals surface area contributed by atoms with Crippen LogP contribution in [0.5, 0.6) is 0 Å². The molecule has 5 nitrogen and oxygen atoms in total. The van der Waals surface area contributed by atoms with E-state index in [0.29, 0.717) is 23.3 Å². The average Bonchev–Trinajstić information content (AvgIpc) is 2.61. The van der Waals surface area contributed by atoms with Crippen LogP contribution in [0.15, 0.2) is 48.5 Å². The van der Waals surface area contributed by atoms with Crippen molar-refractivity contribution in [2.24, 2.45) is 0 Å². The molecule has 0 atom stereocenters. The zero-order valence-electron chi connectivity index (χ0n) is 12.8. The van der Waals surface area contributed by atoms with E-state index in [0.717, 1.165) is 12.8 Å². The number of hydrogen-bond donors (Lipinski definition) is 1. The number of rotatable bonds is 6. The van der Waals surface area contributed by atoms with Crippen molar-refractivity contribution in [3.63, 3.8) is 0 Å². The molecule has 0 fully saturated rings. The highest BCUT2D eigenvalue weighted by Gasteiger charge is 2.19. The first kappa shape index (κ1) is 16.7. The van der Waals surface area contributed by atoms with Crippen molar-refractivity contribution < 1.29 is 24.5 Å². The number of ether oxygens (including phenoxy) is 1. The smallest absolute Gasteiger partial charge is 0.373 e. The maximum Gasteiger partial charge on any atom is 0.373 e. The molecule has 0 spiro atoms. The highest BCUT2D eigenvalue weighted by Crippen LogP contribution is 2.28. The molecule has 2 rings (SSSR count). The third-order valence-corrected chi connectivity index (χ3v) is 3.40. The fraction of sp³-hybridized carbons (Fsp3) is 0.222. The second-order valence-electron chi connectivity index (χ2n) is 4.96. The standard InChI is InChI=1S/C18H18O5/c1-2-3-12-22-17(19)15-10-6-4-8-13(15)14-9-5-7-11-16(14)18(20)23-21/h4-11,21H,2-3,12H2,1H3. The molecule has 0 aromatic heterocycles. The second-order valence-corrected chi connectivity index (χ2v) is 4.96. The minimum Gasteiger partial charge on any atom is -0.462 e. The molecule has 0 unspecified atom stereocenters. The lowest BCUT2D eigenvalue weighted by atomic mass is 9.95. The van der Waals surface area contributed by atoms with Crippen LogP contribution in [0.3, 0.4) is 0 Å². The van der Waals surface area contributed by atoms with Crippen molar-refractivity contribution in [1.29, 1.82) is 0 Å². The molecule has 0 saturated carbocycles. The summed E-state index contributed by atoms with van der Waals surface area (Å²) in [7, 11) is 0. The minimum atomic E-state index is -0.880. The van der Waals surface area contributed by atoms with Gasteiger partial charge in [0.25, 0.3) is 0 Å². The molecule has 0 bridgehead atoms. The predicted molar refractivity (Wildman–Crippen MR) is 85.1 cm³/mol. The summed E-state index contributed by atoms with van der Waals surface area (Å²) in [5, 5.41) is 8.64. The Morgan fingerprint density at radius 1 is 0.913 bits per heavy atom. The monoisotopic (exact) mass is 314 g/mol. The Labute approximate surface area is 134 Å². The lowest BCUT2D eigenvalue weighted by Gasteiger charge is -2.12. The van der Waals surface area contributed by atoms with E-state index < -0.39 is 11.9 Å². The summed E-state index contributed by atoms with van der Waals surface area (Å²) in [4.78, 5) is 27.8. The molecule has 0 saturated heterocycles. The van der Waals surface area contributed by atoms with Gasteiger partial charge >= 0.3 is 11.9 Å². The van der Waals surface area contributed by atoms with Gasteiger partial charge in [0.05, 0.1) is 17.7 Å². The van der Waals surface area contributed by atoms with E-state index in [-0.39, 0.29) is 5.56 Å². The van der Waals surface area contributed by atoms with E-state index in [4.69, 9.17) is 9.99 Å². The Bertz CT molecular complexity index is 693. The summed E-state index contributed by atoms with van der Waals surface area (Å²) in [6, 6.07) is 13.5. The largest absolute Gasteiger partial charge is 0.462 e. The number of benzene rings is 2. The van der Waals surface area contributed by atoms with E-state index in [1.54, 1.807) is 42.5 Å². The maximum atomic E-state index is 12.3. The normalized spacial score (nSPS) is 10.2. The lowest BCUT2D eigenvalue weighted by molar-refractivity contribution is -0.182. The number of unbranched alkanes of at least 4 members (excludes halogenated alkanes) is 1. The Balaban J connectivity index is 2.42. The third kappa shape index (κ3) is 3.96. The van der Waals surface area contributed by atoms with E-state index in [9.17, 15) is 9.59 Å². The Hall–Kier alpha value is -2.66. The first-order valence-corrected chi connectivity index (χ1v) is 7.40. The molecular formula is C18H18O5. The summed E-state index contributed by atoms with van der Waals surface area (Å²) in [6.07, 6.45) is 1.72. The van der Waals surface area contributed by atoms with Crippen molar-refractivity contribution in [2.75, 3.05) is 6.61 Å². The molecule has 0 amide bonds. The summed E-state index contributed by atoms with van der Waals surface area (Å²) in [6.45, 7) is 2.36. The van der Waals surface area contributed by atoms with Crippen LogP contribution in [0.2, 0.25) is 0 Å². The Kier molecular flexibility index (Phi) is 5.88. The van der Waals surface area contributed by atoms with Crippen molar-refractivity contribution >= 4 is 11.9 Å². The van der Waals surface area contributed by atoms with E-state index in [1.165, 1.54) is 6.07 Å². The van der Waals surface area contributed by atoms with Gasteiger partial charge in [0.2, 0.25) is 0 Å². The Morgan fingerprint density at radius 2 is 1.43 bits per heavy atom. The van der Waals surface area contributed by atoms with Crippen LogP contribution in [-0.4, -0.2) is 23.8 Å². The average molecular weight is 314 g/mol. The van der Waals surface area contributed by atoms with Gasteiger partial charge in [-0.25, -0.2) is 9.59 Å². The zero-order chi connectivity index (χ0) is 16.7. The van der Waals surface area contributed by atoms with Gasteiger partial charge in [0, 0.05) is 0 Å². The molecule has 0 aliphatic rings. The molecule has 2 aromatic carbocycles. The first-order valence-electron chi connectivity index (χ1n) is 7.40. The fourth-order valence-electron chi connectivity index (χ4n) is 2.23. The van der Waals surface area contributed by atoms with Crippen LogP contribution in [-0.2, 0) is 9.62 Å². The summed E-state index contributed by atoms with van der Waals surface area (Å²) < 4.78 is 5.25. The van der Waals surface area contributed by atoms with Gasteiger partial charge in [0.15, 0.2) is 0 Å². The molecule has 0 aliphatic carbocycles. The van der Waals surface area contributed by atoms with Gasteiger partial charge < -0.3 is 4.74 Å². The molecule has 2 aromatic rings. The predicted octanol–water partition coefficient (Wildman–Crippen LogP) is 3.94. The van der Waals surface area contributed by atoms with E-state index in [1.807, 2.05) is 6.92 Å². The van der Waals surface area contributed by atoms with Gasteiger partial charge in [-0.2, -0.15) is 5.26 Å². The van der Waals surface area contributed by atoms with E-state index in [2.05, 4.69) is 4.89 Å². The number of carbonyl (C=O) groups excluding carboxylic acids is 2. The molecule has 0 radical (unpaired) electrons. The number of carbonyl (C=O) groups is 2. The topological polar surface area (TPSA) is 72.8 Å². The Morgan fingerprint density at radius 3 is 1.96 bits per heavy atom. The highest BCUT2D eigenvalue weighted by atomic mass is 17.1. The summed E-state index contributed by atoms with van der Waals surface area (Å²) in [5.74, 6) is -1.32. The van der Waals surface area contributed by atoms with E-state index >= 15 is 0 Å². The molecule has 0 heterocycles. The highest BCUT2D eigenvalue weighted by molar-refractivity contribution is 6.03. The molecule has 5 heteroatoms. The second kappa shape index (κ2) is 8.10. The first-order chi connectivity index (χ1) is 11.2. The number of hydrogen-bond acceptors (Lipinski definition) is 5. The summed E-state index contributed by atoms with van der Waals surface area (Å²) >= 11 is 0. The zero-order valence-corrected chi connectivity index (χ0v) is 12.8. The van der Waals surface area contributed by atoms with Crippen molar-refractivity contribution in [2.45, 2.75) is 19.8 Å². The molecule has 1 N–H and O–H groups in total. The van der Waals surface area contributed by atoms with Crippen LogP contribution >= 0.6 is 0 Å². The van der Waals surface area contributed by atoms with Crippen LogP contribution in [0.4, 0.5) is 0 Å². The lowest BCUT2D eigenvalue weighted by Crippen LogP contribution is -2.09. The third-order valence-electron chi connectivity index (χ3n) is 3.40. The molecule has 120 valence electrons. The number of esters is 1. The minimum absolute atomic E-state index is 0.170. The fourth-order valence-corrected chi connectivity index (χ4v) is 2.23. The van der Waals surface area contributed by atoms with Gasteiger partial charge in [0.1, 0.15) is 0 Å². The SMILES string of the molecule is CCCCOC(=O)c1ccccc1-c1ccccc1C(=O)OO. The van der Waals surface area contributed by atoms with Gasteiger partial charge in [-0.3, -0.25) is 4.89 Å². The maximum absolute atomic E-state index is 12.3.